The van der Waals surface area contributed by atoms with Gasteiger partial charge >= 0.3 is 6.16 Å². The minimum Gasteiger partial charge on any atom is -0.493 e. The fourth-order valence-corrected chi connectivity index (χ4v) is 1.97. The Labute approximate surface area is 153 Å². The van der Waals surface area contributed by atoms with Gasteiger partial charge in [0, 0.05) is 17.7 Å². The van der Waals surface area contributed by atoms with Gasteiger partial charge in [-0.25, -0.2) is 10.2 Å². The highest BCUT2D eigenvalue weighted by Gasteiger charge is 2.12. The van der Waals surface area contributed by atoms with Gasteiger partial charge in [0.2, 0.25) is 0 Å². The average molecular weight is 373 g/mol. The van der Waals surface area contributed by atoms with Gasteiger partial charge in [0.25, 0.3) is 11.6 Å². The van der Waals surface area contributed by atoms with E-state index in [2.05, 4.69) is 15.3 Å². The molecule has 0 radical (unpaired) electrons. The van der Waals surface area contributed by atoms with E-state index in [1.807, 2.05) is 0 Å². The van der Waals surface area contributed by atoms with Crippen molar-refractivity contribution in [2.45, 2.75) is 0 Å². The third-order valence-electron chi connectivity index (χ3n) is 3.25. The molecule has 0 bridgehead atoms. The van der Waals surface area contributed by atoms with Crippen molar-refractivity contribution in [1.29, 1.82) is 0 Å². The summed E-state index contributed by atoms with van der Waals surface area (Å²) in [6, 6.07) is 9.84. The fourth-order valence-electron chi connectivity index (χ4n) is 1.97. The highest BCUT2D eigenvalue weighted by Crippen LogP contribution is 2.27. The normalized spacial score (nSPS) is 10.3. The summed E-state index contributed by atoms with van der Waals surface area (Å²) in [7, 11) is 2.57. The molecule has 0 atom stereocenters. The van der Waals surface area contributed by atoms with E-state index in [4.69, 9.17) is 9.47 Å². The second kappa shape index (κ2) is 8.94. The predicted molar refractivity (Wildman–Crippen MR) is 94.2 cm³/mol. The van der Waals surface area contributed by atoms with E-state index in [1.54, 1.807) is 6.07 Å². The van der Waals surface area contributed by atoms with Gasteiger partial charge in [-0.3, -0.25) is 14.9 Å². The van der Waals surface area contributed by atoms with Crippen molar-refractivity contribution in [2.75, 3.05) is 14.2 Å². The molecule has 0 heterocycles. The van der Waals surface area contributed by atoms with Gasteiger partial charge in [0.05, 0.1) is 25.4 Å². The Morgan fingerprint density at radius 2 is 1.93 bits per heavy atom. The largest absolute Gasteiger partial charge is 0.513 e. The summed E-state index contributed by atoms with van der Waals surface area (Å²) in [5, 5.41) is 14.5. The molecule has 0 aliphatic carbocycles. The topological polar surface area (TPSA) is 129 Å². The molecule has 2 aromatic carbocycles. The van der Waals surface area contributed by atoms with Gasteiger partial charge in [-0.05, 0) is 29.8 Å². The lowest BCUT2D eigenvalue weighted by molar-refractivity contribution is -0.384. The van der Waals surface area contributed by atoms with E-state index >= 15 is 0 Å². The van der Waals surface area contributed by atoms with Crippen LogP contribution in [0, 0.1) is 10.1 Å². The molecule has 2 rings (SSSR count). The molecule has 1 N–H and O–H groups in total. The van der Waals surface area contributed by atoms with Crippen molar-refractivity contribution in [2.24, 2.45) is 5.10 Å². The van der Waals surface area contributed by atoms with Crippen LogP contribution in [-0.4, -0.2) is 37.4 Å². The lowest BCUT2D eigenvalue weighted by atomic mass is 10.2. The van der Waals surface area contributed by atoms with E-state index in [-0.39, 0.29) is 22.7 Å². The Balaban J connectivity index is 2.07. The monoisotopic (exact) mass is 373 g/mol. The molecule has 0 spiro atoms. The zero-order valence-corrected chi connectivity index (χ0v) is 14.4. The maximum absolute atomic E-state index is 12.0. The number of carbonyl (C=O) groups excluding carboxylic acids is 2. The number of carbonyl (C=O) groups is 2. The number of ether oxygens (including phenoxy) is 3. The van der Waals surface area contributed by atoms with Crippen LogP contribution in [0.2, 0.25) is 0 Å². The number of amides is 1. The smallest absolute Gasteiger partial charge is 0.493 e. The minimum absolute atomic E-state index is 0.0979. The Bertz CT molecular complexity index is 896. The van der Waals surface area contributed by atoms with E-state index in [1.165, 1.54) is 50.8 Å². The number of nitrogens with one attached hydrogen (secondary N) is 1. The first-order valence-corrected chi connectivity index (χ1v) is 7.46. The summed E-state index contributed by atoms with van der Waals surface area (Å²) in [5.74, 6) is -0.191. The number of hydrogen-bond acceptors (Lipinski definition) is 8. The zero-order chi connectivity index (χ0) is 19.8. The van der Waals surface area contributed by atoms with Crippen molar-refractivity contribution in [1.82, 2.24) is 5.43 Å². The van der Waals surface area contributed by atoms with E-state index in [0.29, 0.717) is 5.56 Å². The van der Waals surface area contributed by atoms with Gasteiger partial charge in [0.1, 0.15) is 0 Å². The van der Waals surface area contributed by atoms with E-state index in [9.17, 15) is 19.7 Å². The summed E-state index contributed by atoms with van der Waals surface area (Å²) in [5.41, 5.74) is 2.71. The van der Waals surface area contributed by atoms with Crippen molar-refractivity contribution >= 4 is 24.0 Å². The molecule has 0 fully saturated rings. The Hall–Kier alpha value is -3.95. The van der Waals surface area contributed by atoms with Gasteiger partial charge in [0.15, 0.2) is 11.5 Å². The van der Waals surface area contributed by atoms with Crippen LogP contribution in [0.1, 0.15) is 15.9 Å². The van der Waals surface area contributed by atoms with Crippen molar-refractivity contribution in [3.63, 3.8) is 0 Å². The first-order chi connectivity index (χ1) is 12.9. The number of hydrogen-bond donors (Lipinski definition) is 1. The van der Waals surface area contributed by atoms with Crippen molar-refractivity contribution in [3.05, 3.63) is 63.7 Å². The number of non-ortho nitro benzene ring substituents is 1. The van der Waals surface area contributed by atoms with Crippen LogP contribution < -0.4 is 14.9 Å². The fraction of sp³-hybridized carbons (Fsp3) is 0.118. The number of nitro benzene ring substituents is 1. The molecule has 0 saturated heterocycles. The molecule has 0 aliphatic rings. The summed E-state index contributed by atoms with van der Waals surface area (Å²) < 4.78 is 14.4. The van der Waals surface area contributed by atoms with Crippen molar-refractivity contribution < 1.29 is 28.7 Å². The molecular weight excluding hydrogens is 358 g/mol. The standard InChI is InChI=1S/C17H15N3O7/c1-25-15-8-11(6-7-14(15)27-17(22)26-2)10-18-19-16(21)12-4-3-5-13(9-12)20(23)24/h3-10H,1-2H3,(H,19,21)/b18-10-. The van der Waals surface area contributed by atoms with Gasteiger partial charge < -0.3 is 14.2 Å². The molecule has 0 aromatic heterocycles. The Morgan fingerprint density at radius 1 is 1.15 bits per heavy atom. The van der Waals surface area contributed by atoms with E-state index < -0.39 is 17.0 Å². The van der Waals surface area contributed by atoms with Crippen LogP contribution in [-0.2, 0) is 4.74 Å². The molecule has 2 aromatic rings. The van der Waals surface area contributed by atoms with Crippen LogP contribution in [0.4, 0.5) is 10.5 Å². The number of nitrogens with zero attached hydrogens (tertiary/aromatic N) is 2. The minimum atomic E-state index is -0.890. The van der Waals surface area contributed by atoms with Crippen LogP contribution in [0.5, 0.6) is 11.5 Å². The molecule has 0 saturated carbocycles. The number of rotatable bonds is 6. The van der Waals surface area contributed by atoms with Gasteiger partial charge in [-0.2, -0.15) is 5.10 Å². The summed E-state index contributed by atoms with van der Waals surface area (Å²) in [4.78, 5) is 33.3. The third-order valence-corrected chi connectivity index (χ3v) is 3.25. The first kappa shape index (κ1) is 19.4. The number of benzene rings is 2. The molecule has 27 heavy (non-hydrogen) atoms. The van der Waals surface area contributed by atoms with Crippen LogP contribution in [0.15, 0.2) is 47.6 Å². The Kier molecular flexibility index (Phi) is 6.42. The lowest BCUT2D eigenvalue weighted by Gasteiger charge is -2.08. The lowest BCUT2D eigenvalue weighted by Crippen LogP contribution is -2.17. The molecular formula is C17H15N3O7. The zero-order valence-electron chi connectivity index (χ0n) is 14.4. The predicted octanol–water partition coefficient (Wildman–Crippen LogP) is 2.51. The SMILES string of the molecule is COC(=O)Oc1ccc(/C=N\NC(=O)c2cccc([N+](=O)[O-])c2)cc1OC. The number of nitro groups is 1. The van der Waals surface area contributed by atoms with E-state index in [0.717, 1.165) is 6.07 Å². The molecule has 1 amide bonds. The summed E-state index contributed by atoms with van der Waals surface area (Å²) >= 11 is 0. The number of hydrazone groups is 1. The quantitative estimate of drug-likeness (QED) is 0.271. The molecule has 0 unspecified atom stereocenters. The Morgan fingerprint density at radius 3 is 2.59 bits per heavy atom. The maximum Gasteiger partial charge on any atom is 0.513 e. The maximum atomic E-state index is 12.0. The second-order valence-electron chi connectivity index (χ2n) is 4.97. The molecule has 10 nitrogen and oxygen atoms in total. The van der Waals surface area contributed by atoms with Gasteiger partial charge in [-0.1, -0.05) is 6.07 Å². The van der Waals surface area contributed by atoms with Crippen LogP contribution >= 0.6 is 0 Å². The second-order valence-corrected chi connectivity index (χ2v) is 4.97. The summed E-state index contributed by atoms with van der Waals surface area (Å²) in [6.07, 6.45) is 0.443. The van der Waals surface area contributed by atoms with Crippen molar-refractivity contribution in [3.8, 4) is 11.5 Å². The highest BCUT2D eigenvalue weighted by molar-refractivity contribution is 5.95. The first-order valence-electron chi connectivity index (χ1n) is 7.46. The molecule has 0 aliphatic heterocycles. The van der Waals surface area contributed by atoms with Crippen LogP contribution in [0.25, 0.3) is 0 Å². The molecule has 10 heteroatoms. The average Bonchev–Trinajstić information content (AvgIpc) is 2.68. The third kappa shape index (κ3) is 5.26. The van der Waals surface area contributed by atoms with Crippen LogP contribution in [0.3, 0.4) is 0 Å². The summed E-state index contributed by atoms with van der Waals surface area (Å²) in [6.45, 7) is 0. The van der Waals surface area contributed by atoms with Gasteiger partial charge in [-0.15, -0.1) is 0 Å². The molecule has 140 valence electrons. The highest BCUT2D eigenvalue weighted by atomic mass is 16.7. The number of methoxy groups -OCH3 is 2.